The Morgan fingerprint density at radius 2 is 2.21 bits per heavy atom. The summed E-state index contributed by atoms with van der Waals surface area (Å²) in [5.41, 5.74) is -0.420. The van der Waals surface area contributed by atoms with Crippen molar-refractivity contribution >= 4 is 23.2 Å². The summed E-state index contributed by atoms with van der Waals surface area (Å²) in [6.45, 7) is 0. The van der Waals surface area contributed by atoms with E-state index in [-0.39, 0.29) is 22.2 Å². The fraction of sp³-hybridized carbons (Fsp3) is 0.250. The highest BCUT2D eigenvalue weighted by Gasteiger charge is 2.18. The van der Waals surface area contributed by atoms with Crippen LogP contribution in [0, 0.1) is 11.3 Å². The minimum absolute atomic E-state index is 0.0320. The van der Waals surface area contributed by atoms with Crippen LogP contribution in [0.25, 0.3) is 0 Å². The largest absolute Gasteiger partial charge is 0.281 e. The van der Waals surface area contributed by atoms with Gasteiger partial charge in [-0.25, -0.2) is 13.8 Å². The molecular weight excluding hydrogens is 233 g/mol. The van der Waals surface area contributed by atoms with E-state index in [4.69, 9.17) is 28.5 Å². The lowest BCUT2D eigenvalue weighted by Crippen LogP contribution is -1.98. The van der Waals surface area contributed by atoms with E-state index in [1.165, 1.54) is 6.07 Å². The number of halogens is 4. The number of rotatable bonds is 2. The minimum Gasteiger partial charge on any atom is -0.235 e. The summed E-state index contributed by atoms with van der Waals surface area (Å²) in [5.74, 6) is -0.0320. The van der Waals surface area contributed by atoms with Gasteiger partial charge in [-0.15, -0.1) is 11.6 Å². The Kier molecular flexibility index (Phi) is 3.62. The van der Waals surface area contributed by atoms with Crippen LogP contribution in [0.3, 0.4) is 0 Å². The number of alkyl halides is 3. The van der Waals surface area contributed by atoms with E-state index in [0.717, 1.165) is 0 Å². The standard InChI is InChI=1S/C8H4Cl2F2N2/c9-2-4-1-5(3-13)14-7(6(4)10)8(11)12/h1,8H,2H2. The molecule has 6 heteroatoms. The second-order valence-corrected chi connectivity index (χ2v) is 3.06. The molecule has 0 saturated heterocycles. The summed E-state index contributed by atoms with van der Waals surface area (Å²) >= 11 is 11.1. The third-order valence-electron chi connectivity index (χ3n) is 1.52. The summed E-state index contributed by atoms with van der Waals surface area (Å²) in [6, 6.07) is 2.96. The molecule has 0 amide bonds. The fourth-order valence-corrected chi connectivity index (χ4v) is 1.43. The van der Waals surface area contributed by atoms with Gasteiger partial charge in [-0.05, 0) is 11.6 Å². The molecule has 0 aliphatic rings. The molecule has 1 heterocycles. The molecule has 0 aliphatic carbocycles. The Bertz CT molecular complexity index is 388. The SMILES string of the molecule is N#Cc1cc(CCl)c(Cl)c(C(F)F)n1. The first-order chi connectivity index (χ1) is 6.60. The normalized spacial score (nSPS) is 10.3. The van der Waals surface area contributed by atoms with E-state index in [1.807, 2.05) is 0 Å². The molecule has 0 bridgehead atoms. The summed E-state index contributed by atoms with van der Waals surface area (Å²) in [5, 5.41) is 8.34. The van der Waals surface area contributed by atoms with E-state index in [9.17, 15) is 8.78 Å². The lowest BCUT2D eigenvalue weighted by atomic mass is 10.2. The summed E-state index contributed by atoms with van der Waals surface area (Å²) in [7, 11) is 0. The Labute approximate surface area is 89.1 Å². The van der Waals surface area contributed by atoms with E-state index in [1.54, 1.807) is 6.07 Å². The quantitative estimate of drug-likeness (QED) is 0.740. The molecule has 0 atom stereocenters. The van der Waals surface area contributed by atoms with Crippen LogP contribution in [0.4, 0.5) is 8.78 Å². The van der Waals surface area contributed by atoms with Crippen LogP contribution in [0.5, 0.6) is 0 Å². The Morgan fingerprint density at radius 1 is 1.57 bits per heavy atom. The van der Waals surface area contributed by atoms with Gasteiger partial charge in [0.25, 0.3) is 6.43 Å². The molecule has 0 radical (unpaired) electrons. The molecule has 0 aliphatic heterocycles. The van der Waals surface area contributed by atoms with E-state index in [2.05, 4.69) is 4.98 Å². The predicted molar refractivity (Wildman–Crippen MR) is 48.5 cm³/mol. The molecule has 74 valence electrons. The zero-order chi connectivity index (χ0) is 10.7. The lowest BCUT2D eigenvalue weighted by molar-refractivity contribution is 0.146. The van der Waals surface area contributed by atoms with Crippen LogP contribution < -0.4 is 0 Å². The van der Waals surface area contributed by atoms with Crippen molar-refractivity contribution in [3.63, 3.8) is 0 Å². The molecule has 1 aromatic rings. The van der Waals surface area contributed by atoms with Gasteiger partial charge in [0.15, 0.2) is 0 Å². The highest BCUT2D eigenvalue weighted by Crippen LogP contribution is 2.29. The summed E-state index contributed by atoms with van der Waals surface area (Å²) < 4.78 is 24.7. The fourth-order valence-electron chi connectivity index (χ4n) is 0.903. The lowest BCUT2D eigenvalue weighted by Gasteiger charge is -2.06. The molecule has 0 fully saturated rings. The second kappa shape index (κ2) is 4.54. The zero-order valence-corrected chi connectivity index (χ0v) is 8.28. The number of hydrogen-bond acceptors (Lipinski definition) is 2. The van der Waals surface area contributed by atoms with Crippen LogP contribution >= 0.6 is 23.2 Å². The van der Waals surface area contributed by atoms with Gasteiger partial charge < -0.3 is 0 Å². The van der Waals surface area contributed by atoms with Crippen molar-refractivity contribution in [1.82, 2.24) is 4.98 Å². The highest BCUT2D eigenvalue weighted by atomic mass is 35.5. The van der Waals surface area contributed by atoms with E-state index < -0.39 is 12.1 Å². The van der Waals surface area contributed by atoms with Crippen molar-refractivity contribution < 1.29 is 8.78 Å². The van der Waals surface area contributed by atoms with Gasteiger partial charge in [0.05, 0.1) is 5.02 Å². The van der Waals surface area contributed by atoms with Gasteiger partial charge in [0.2, 0.25) is 0 Å². The molecule has 0 N–H and O–H groups in total. The van der Waals surface area contributed by atoms with E-state index >= 15 is 0 Å². The first-order valence-electron chi connectivity index (χ1n) is 3.53. The third kappa shape index (κ3) is 2.11. The average Bonchev–Trinajstić information content (AvgIpc) is 2.17. The van der Waals surface area contributed by atoms with Crippen molar-refractivity contribution in [2.45, 2.75) is 12.3 Å². The second-order valence-electron chi connectivity index (χ2n) is 2.41. The van der Waals surface area contributed by atoms with Crippen molar-refractivity contribution in [3.8, 4) is 6.07 Å². The predicted octanol–water partition coefficient (Wildman–Crippen LogP) is 3.28. The van der Waals surface area contributed by atoms with Crippen LogP contribution in [0.2, 0.25) is 5.02 Å². The molecule has 14 heavy (non-hydrogen) atoms. The highest BCUT2D eigenvalue weighted by molar-refractivity contribution is 6.32. The molecule has 1 rings (SSSR count). The van der Waals surface area contributed by atoms with Gasteiger partial charge >= 0.3 is 0 Å². The zero-order valence-electron chi connectivity index (χ0n) is 6.77. The van der Waals surface area contributed by atoms with Crippen LogP contribution in [0.15, 0.2) is 6.07 Å². The van der Waals surface area contributed by atoms with Crippen molar-refractivity contribution in [3.05, 3.63) is 28.0 Å². The van der Waals surface area contributed by atoms with Crippen LogP contribution in [-0.2, 0) is 5.88 Å². The Balaban J connectivity index is 3.36. The van der Waals surface area contributed by atoms with Gasteiger partial charge in [-0.1, -0.05) is 11.6 Å². The van der Waals surface area contributed by atoms with Gasteiger partial charge in [-0.3, -0.25) is 0 Å². The monoisotopic (exact) mass is 236 g/mol. The molecule has 1 aromatic heterocycles. The van der Waals surface area contributed by atoms with Crippen molar-refractivity contribution in [2.75, 3.05) is 0 Å². The first-order valence-corrected chi connectivity index (χ1v) is 4.45. The van der Waals surface area contributed by atoms with Crippen LogP contribution in [-0.4, -0.2) is 4.98 Å². The Morgan fingerprint density at radius 3 is 2.64 bits per heavy atom. The van der Waals surface area contributed by atoms with Crippen LogP contribution in [0.1, 0.15) is 23.4 Å². The van der Waals surface area contributed by atoms with Gasteiger partial charge in [0, 0.05) is 5.88 Å². The molecule has 0 spiro atoms. The third-order valence-corrected chi connectivity index (χ3v) is 2.25. The summed E-state index contributed by atoms with van der Waals surface area (Å²) in [4.78, 5) is 3.40. The van der Waals surface area contributed by atoms with Gasteiger partial charge in [0.1, 0.15) is 17.5 Å². The number of nitrogens with zero attached hydrogens (tertiary/aromatic N) is 2. The number of hydrogen-bond donors (Lipinski definition) is 0. The smallest absolute Gasteiger partial charge is 0.235 e. The van der Waals surface area contributed by atoms with Crippen molar-refractivity contribution in [1.29, 1.82) is 5.26 Å². The maximum absolute atomic E-state index is 12.4. The number of pyridine rings is 1. The molecule has 0 unspecified atom stereocenters. The number of nitriles is 1. The molecular formula is C8H4Cl2F2N2. The topological polar surface area (TPSA) is 36.7 Å². The summed E-state index contributed by atoms with van der Waals surface area (Å²) in [6.07, 6.45) is -2.81. The minimum atomic E-state index is -2.81. The maximum atomic E-state index is 12.4. The molecule has 0 saturated carbocycles. The first kappa shape index (κ1) is 11.2. The number of aromatic nitrogens is 1. The Hall–Kier alpha value is -0.920. The van der Waals surface area contributed by atoms with E-state index in [0.29, 0.717) is 0 Å². The van der Waals surface area contributed by atoms with Crippen molar-refractivity contribution in [2.24, 2.45) is 0 Å². The van der Waals surface area contributed by atoms with Gasteiger partial charge in [-0.2, -0.15) is 5.26 Å². The molecule has 0 aromatic carbocycles. The maximum Gasteiger partial charge on any atom is 0.281 e. The average molecular weight is 237 g/mol. The molecule has 2 nitrogen and oxygen atoms in total.